The van der Waals surface area contributed by atoms with E-state index in [1.54, 1.807) is 24.4 Å². The molecule has 0 saturated heterocycles. The van der Waals surface area contributed by atoms with Gasteiger partial charge in [0.2, 0.25) is 5.96 Å². The van der Waals surface area contributed by atoms with E-state index in [1.807, 2.05) is 20.2 Å². The van der Waals surface area contributed by atoms with Crippen molar-refractivity contribution in [2.75, 3.05) is 26.0 Å². The summed E-state index contributed by atoms with van der Waals surface area (Å²) in [5.41, 5.74) is 6.22. The number of rotatable bonds is 5. The van der Waals surface area contributed by atoms with Crippen LogP contribution < -0.4 is 16.4 Å². The fraction of sp³-hybridized carbons (Fsp3) is 0.400. The molecule has 22 heavy (non-hydrogen) atoms. The van der Waals surface area contributed by atoms with Gasteiger partial charge >= 0.3 is 0 Å². The second kappa shape index (κ2) is 7.33. The summed E-state index contributed by atoms with van der Waals surface area (Å²) in [5, 5.41) is 7.19. The Labute approximate surface area is 141 Å². The zero-order valence-corrected chi connectivity index (χ0v) is 14.2. The summed E-state index contributed by atoms with van der Waals surface area (Å²) in [4.78, 5) is 6.66. The summed E-state index contributed by atoms with van der Waals surface area (Å²) in [6.45, 7) is 0.967. The van der Waals surface area contributed by atoms with Crippen LogP contribution in [-0.4, -0.2) is 37.2 Å². The van der Waals surface area contributed by atoms with E-state index >= 15 is 0 Å². The van der Waals surface area contributed by atoms with Crippen LogP contribution in [0.25, 0.3) is 0 Å². The van der Waals surface area contributed by atoms with E-state index in [1.165, 1.54) is 0 Å². The second-order valence-corrected chi connectivity index (χ2v) is 6.37. The largest absolute Gasteiger partial charge is 0.333 e. The van der Waals surface area contributed by atoms with E-state index < -0.39 is 5.66 Å². The molecule has 0 aromatic heterocycles. The first-order valence-electron chi connectivity index (χ1n) is 7.08. The van der Waals surface area contributed by atoms with E-state index in [2.05, 4.69) is 20.5 Å². The molecule has 0 fully saturated rings. The van der Waals surface area contributed by atoms with Crippen molar-refractivity contribution in [3.63, 3.8) is 0 Å². The molecule has 7 heteroatoms. The van der Waals surface area contributed by atoms with Gasteiger partial charge in [-0.15, -0.1) is 0 Å². The van der Waals surface area contributed by atoms with E-state index in [0.717, 1.165) is 19.4 Å². The average molecular weight is 342 g/mol. The SMILES string of the molecule is CN(C)CCCC1(N)C=CNC(Nc2c(Cl)cccc2Cl)=N1. The molecule has 1 aliphatic rings. The number of aliphatic imine (C=N–C) groups is 1. The van der Waals surface area contributed by atoms with Gasteiger partial charge in [-0.2, -0.15) is 0 Å². The molecule has 2 rings (SSSR count). The van der Waals surface area contributed by atoms with Crippen molar-refractivity contribution in [1.29, 1.82) is 0 Å². The van der Waals surface area contributed by atoms with Crippen LogP contribution in [0.2, 0.25) is 10.0 Å². The predicted octanol–water partition coefficient (Wildman–Crippen LogP) is 2.88. The van der Waals surface area contributed by atoms with Gasteiger partial charge in [-0.25, -0.2) is 4.99 Å². The summed E-state index contributed by atoms with van der Waals surface area (Å²) in [6, 6.07) is 5.32. The van der Waals surface area contributed by atoms with Crippen LogP contribution in [0.1, 0.15) is 12.8 Å². The number of halogens is 2. The number of nitrogens with one attached hydrogen (secondary N) is 2. The van der Waals surface area contributed by atoms with Crippen molar-refractivity contribution in [3.05, 3.63) is 40.5 Å². The lowest BCUT2D eigenvalue weighted by Crippen LogP contribution is -2.44. The molecule has 0 aliphatic carbocycles. The molecule has 1 unspecified atom stereocenters. The molecule has 0 amide bonds. The molecule has 0 bridgehead atoms. The van der Waals surface area contributed by atoms with Gasteiger partial charge in [0.15, 0.2) is 0 Å². The number of hydrogen-bond acceptors (Lipinski definition) is 5. The lowest BCUT2D eigenvalue weighted by atomic mass is 10.0. The summed E-state index contributed by atoms with van der Waals surface area (Å²) in [7, 11) is 4.08. The van der Waals surface area contributed by atoms with E-state index in [4.69, 9.17) is 28.9 Å². The third-order valence-corrected chi connectivity index (χ3v) is 3.93. The average Bonchev–Trinajstić information content (AvgIpc) is 2.42. The molecule has 5 nitrogen and oxygen atoms in total. The third kappa shape index (κ3) is 4.61. The van der Waals surface area contributed by atoms with Crippen molar-refractivity contribution in [2.24, 2.45) is 10.7 Å². The Morgan fingerprint density at radius 2 is 2.00 bits per heavy atom. The summed E-state index contributed by atoms with van der Waals surface area (Å²) < 4.78 is 0. The van der Waals surface area contributed by atoms with E-state index in [0.29, 0.717) is 21.7 Å². The minimum Gasteiger partial charge on any atom is -0.333 e. The molecule has 1 atom stereocenters. The molecule has 4 N–H and O–H groups in total. The third-order valence-electron chi connectivity index (χ3n) is 3.30. The van der Waals surface area contributed by atoms with Gasteiger partial charge in [0.1, 0.15) is 5.66 Å². The molecule has 1 aromatic rings. The Hall–Kier alpha value is -1.27. The van der Waals surface area contributed by atoms with Crippen LogP contribution in [-0.2, 0) is 0 Å². The Balaban J connectivity index is 2.08. The maximum absolute atomic E-state index is 6.33. The number of nitrogens with two attached hydrogens (primary N) is 1. The number of para-hydroxylation sites is 1. The van der Waals surface area contributed by atoms with Crippen LogP contribution in [0.5, 0.6) is 0 Å². The molecule has 0 radical (unpaired) electrons. The topological polar surface area (TPSA) is 65.7 Å². The first-order valence-corrected chi connectivity index (χ1v) is 7.84. The Bertz CT molecular complexity index is 565. The first kappa shape index (κ1) is 17.1. The van der Waals surface area contributed by atoms with Crippen LogP contribution in [0.3, 0.4) is 0 Å². The number of anilines is 1. The molecule has 1 aromatic carbocycles. The van der Waals surface area contributed by atoms with Crippen LogP contribution in [0, 0.1) is 0 Å². The van der Waals surface area contributed by atoms with E-state index in [-0.39, 0.29) is 0 Å². The van der Waals surface area contributed by atoms with Gasteiger partial charge in [0.05, 0.1) is 15.7 Å². The van der Waals surface area contributed by atoms with Gasteiger partial charge in [-0.05, 0) is 51.7 Å². The van der Waals surface area contributed by atoms with Gasteiger partial charge in [-0.1, -0.05) is 29.3 Å². The zero-order chi connectivity index (χ0) is 16.2. The number of hydrogen-bond donors (Lipinski definition) is 3. The van der Waals surface area contributed by atoms with E-state index in [9.17, 15) is 0 Å². The van der Waals surface area contributed by atoms with Crippen molar-refractivity contribution < 1.29 is 0 Å². The molecule has 120 valence electrons. The molecular formula is C15H21Cl2N5. The van der Waals surface area contributed by atoms with Gasteiger partial charge in [0.25, 0.3) is 0 Å². The predicted molar refractivity (Wildman–Crippen MR) is 94.5 cm³/mol. The highest BCUT2D eigenvalue weighted by Crippen LogP contribution is 2.30. The Kier molecular flexibility index (Phi) is 5.69. The number of benzene rings is 1. The summed E-state index contributed by atoms with van der Waals surface area (Å²) >= 11 is 12.3. The molecule has 0 spiro atoms. The maximum atomic E-state index is 6.33. The highest BCUT2D eigenvalue weighted by atomic mass is 35.5. The monoisotopic (exact) mass is 341 g/mol. The molecule has 1 heterocycles. The normalized spacial score (nSPS) is 20.7. The fourth-order valence-electron chi connectivity index (χ4n) is 2.16. The summed E-state index contributed by atoms with van der Waals surface area (Å²) in [6.07, 6.45) is 5.36. The van der Waals surface area contributed by atoms with Crippen LogP contribution in [0.4, 0.5) is 5.69 Å². The summed E-state index contributed by atoms with van der Waals surface area (Å²) in [5.74, 6) is 0.532. The van der Waals surface area contributed by atoms with Gasteiger partial charge in [-0.3, -0.25) is 0 Å². The smallest absolute Gasteiger partial charge is 0.202 e. The van der Waals surface area contributed by atoms with Gasteiger partial charge < -0.3 is 21.3 Å². The van der Waals surface area contributed by atoms with Crippen LogP contribution >= 0.6 is 23.2 Å². The van der Waals surface area contributed by atoms with Crippen molar-refractivity contribution >= 4 is 34.8 Å². The lowest BCUT2D eigenvalue weighted by molar-refractivity contribution is 0.367. The minimum atomic E-state index is -0.725. The quantitative estimate of drug-likeness (QED) is 0.770. The number of guanidine groups is 1. The van der Waals surface area contributed by atoms with Gasteiger partial charge in [0, 0.05) is 6.20 Å². The Morgan fingerprint density at radius 1 is 1.32 bits per heavy atom. The second-order valence-electron chi connectivity index (χ2n) is 5.56. The van der Waals surface area contributed by atoms with Crippen molar-refractivity contribution in [3.8, 4) is 0 Å². The highest BCUT2D eigenvalue weighted by Gasteiger charge is 2.24. The van der Waals surface area contributed by atoms with Crippen molar-refractivity contribution in [2.45, 2.75) is 18.5 Å². The maximum Gasteiger partial charge on any atom is 0.202 e. The minimum absolute atomic E-state index is 0.529. The Morgan fingerprint density at radius 3 is 2.64 bits per heavy atom. The molecule has 1 aliphatic heterocycles. The molecule has 0 saturated carbocycles. The standard InChI is InChI=1S/C15H21Cl2N5/c1-22(2)10-4-7-15(18)8-9-19-14(21-15)20-13-11(16)5-3-6-12(13)17/h3,5-6,8-9H,4,7,10,18H2,1-2H3,(H2,19,20,21). The highest BCUT2D eigenvalue weighted by molar-refractivity contribution is 6.39. The van der Waals surface area contributed by atoms with Crippen molar-refractivity contribution in [1.82, 2.24) is 10.2 Å². The van der Waals surface area contributed by atoms with Crippen LogP contribution in [0.15, 0.2) is 35.5 Å². The first-order chi connectivity index (χ1) is 10.4. The molecular weight excluding hydrogens is 321 g/mol. The fourth-order valence-corrected chi connectivity index (χ4v) is 2.65. The lowest BCUT2D eigenvalue weighted by Gasteiger charge is -2.27. The number of nitrogens with zero attached hydrogens (tertiary/aromatic N) is 2. The zero-order valence-electron chi connectivity index (χ0n) is 12.7.